The molecule has 7 heterocycles. The second kappa shape index (κ2) is 13.8. The number of aromatic nitrogens is 5. The van der Waals surface area contributed by atoms with Gasteiger partial charge in [-0.25, -0.2) is 19.2 Å². The summed E-state index contributed by atoms with van der Waals surface area (Å²) in [7, 11) is 0. The van der Waals surface area contributed by atoms with Crippen molar-refractivity contribution in [3.8, 4) is 11.4 Å². The highest BCUT2D eigenvalue weighted by Gasteiger charge is 2.32. The molecule has 2 aromatic carbocycles. The number of hydrogen-bond acceptors (Lipinski definition) is 8. The Morgan fingerprint density at radius 3 is 2.49 bits per heavy atom. The average molecular weight is 716 g/mol. The van der Waals surface area contributed by atoms with E-state index in [0.717, 1.165) is 90.7 Å². The topological polar surface area (TPSA) is 116 Å². The normalized spacial score (nSPS) is 21.2. The molecular weight excluding hydrogens is 673 g/mol. The molecule has 1 amide bonds. The number of benzene rings is 2. The number of aliphatic hydroxyl groups is 1. The smallest absolute Gasteiger partial charge is 0.329 e. The Bertz CT molecular complexity index is 2360. The lowest BCUT2D eigenvalue weighted by Gasteiger charge is -2.35. The fraction of sp³-hybridized carbons (Fsp3) is 0.350. The molecule has 0 bridgehead atoms. The first kappa shape index (κ1) is 33.3. The summed E-state index contributed by atoms with van der Waals surface area (Å²) in [5.74, 6) is 0.377. The van der Waals surface area contributed by atoms with Gasteiger partial charge in [-0.15, -0.1) is 0 Å². The maximum absolute atomic E-state index is 14.1. The molecule has 3 fully saturated rings. The number of piperidine rings is 1. The van der Waals surface area contributed by atoms with Gasteiger partial charge < -0.3 is 20.2 Å². The summed E-state index contributed by atoms with van der Waals surface area (Å²) in [6.45, 7) is 5.35. The number of carbonyl (C=O) groups excluding carboxylic acids is 1. The van der Waals surface area contributed by atoms with Gasteiger partial charge in [0.05, 0.1) is 40.3 Å². The molecule has 4 aromatic heterocycles. The third-order valence-electron chi connectivity index (χ3n) is 11.1. The lowest BCUT2D eigenvalue weighted by atomic mass is 10.0. The number of rotatable bonds is 8. The van der Waals surface area contributed by atoms with Crippen LogP contribution in [-0.4, -0.2) is 84.9 Å². The molecule has 272 valence electrons. The van der Waals surface area contributed by atoms with Gasteiger partial charge in [-0.2, -0.15) is 0 Å². The quantitative estimate of drug-likeness (QED) is 0.235. The minimum absolute atomic E-state index is 0.122. The zero-order chi connectivity index (χ0) is 36.1. The molecule has 2 unspecified atom stereocenters. The molecule has 0 radical (unpaired) electrons. The Hall–Kier alpha value is -5.53. The van der Waals surface area contributed by atoms with E-state index in [1.807, 2.05) is 54.7 Å². The fourth-order valence-corrected chi connectivity index (χ4v) is 8.42. The number of anilines is 2. The first-order valence-electron chi connectivity index (χ1n) is 18.5. The van der Waals surface area contributed by atoms with Crippen molar-refractivity contribution in [1.29, 1.82) is 0 Å². The van der Waals surface area contributed by atoms with Gasteiger partial charge in [0.2, 0.25) is 5.91 Å². The van der Waals surface area contributed by atoms with Crippen LogP contribution in [-0.2, 0) is 11.3 Å². The monoisotopic (exact) mass is 715 g/mol. The number of piperazine rings is 1. The van der Waals surface area contributed by atoms with Crippen molar-refractivity contribution in [2.45, 2.75) is 50.5 Å². The summed E-state index contributed by atoms with van der Waals surface area (Å²) in [5.41, 5.74) is 6.00. The van der Waals surface area contributed by atoms with E-state index in [9.17, 15) is 19.1 Å². The van der Waals surface area contributed by atoms with Crippen LogP contribution in [0.4, 0.5) is 15.9 Å². The molecule has 3 aliphatic heterocycles. The van der Waals surface area contributed by atoms with Crippen LogP contribution in [0.2, 0.25) is 0 Å². The molecule has 6 aromatic rings. The Morgan fingerprint density at radius 1 is 0.830 bits per heavy atom. The van der Waals surface area contributed by atoms with E-state index in [2.05, 4.69) is 47.7 Å². The van der Waals surface area contributed by atoms with E-state index in [4.69, 9.17) is 4.98 Å². The summed E-state index contributed by atoms with van der Waals surface area (Å²) in [4.78, 5) is 43.3. The molecular formula is C40H42FN9O3. The summed E-state index contributed by atoms with van der Waals surface area (Å²) >= 11 is 0. The van der Waals surface area contributed by atoms with Crippen LogP contribution in [0.15, 0.2) is 96.1 Å². The second-order valence-corrected chi connectivity index (χ2v) is 14.3. The van der Waals surface area contributed by atoms with Crippen molar-refractivity contribution >= 4 is 34.1 Å². The third-order valence-corrected chi connectivity index (χ3v) is 11.1. The highest BCUT2D eigenvalue weighted by molar-refractivity contribution is 5.84. The van der Waals surface area contributed by atoms with Crippen LogP contribution >= 0.6 is 0 Å². The van der Waals surface area contributed by atoms with Gasteiger partial charge >= 0.3 is 5.69 Å². The zero-order valence-electron chi connectivity index (χ0n) is 29.4. The van der Waals surface area contributed by atoms with Crippen molar-refractivity contribution in [2.75, 3.05) is 49.1 Å². The first-order valence-corrected chi connectivity index (χ1v) is 18.5. The van der Waals surface area contributed by atoms with Gasteiger partial charge in [0.1, 0.15) is 29.6 Å². The van der Waals surface area contributed by atoms with Crippen molar-refractivity contribution in [3.63, 3.8) is 0 Å². The summed E-state index contributed by atoms with van der Waals surface area (Å²) in [6.07, 6.45) is 5.96. The number of imidazole rings is 2. The number of aliphatic hydroxyl groups excluding tert-OH is 1. The number of fused-ring (bicyclic) bond motifs is 2. The molecule has 3 aliphatic rings. The molecule has 3 saturated heterocycles. The van der Waals surface area contributed by atoms with Crippen molar-refractivity contribution < 1.29 is 14.3 Å². The Morgan fingerprint density at radius 2 is 1.66 bits per heavy atom. The number of hydrogen-bond donors (Lipinski definition) is 2. The van der Waals surface area contributed by atoms with Gasteiger partial charge in [-0.1, -0.05) is 30.3 Å². The molecule has 53 heavy (non-hydrogen) atoms. The Kier molecular flexibility index (Phi) is 8.67. The SMILES string of the molecule is O=C1NC(O)CCC1n1c(=O)n(CCN2CCN(c3cccc(-c4cnc5ccc(N6CCC[C@@H]6c6cccc(F)c6)cn45)n3)CC2)c2ccccc21. The van der Waals surface area contributed by atoms with Gasteiger partial charge in [-0.05, 0) is 79.8 Å². The lowest BCUT2D eigenvalue weighted by Crippen LogP contribution is -2.48. The summed E-state index contributed by atoms with van der Waals surface area (Å²) < 4.78 is 19.6. The molecule has 2 N–H and O–H groups in total. The lowest BCUT2D eigenvalue weighted by molar-refractivity contribution is -0.130. The van der Waals surface area contributed by atoms with E-state index in [0.29, 0.717) is 25.9 Å². The van der Waals surface area contributed by atoms with Crippen molar-refractivity contribution in [1.82, 2.24) is 33.7 Å². The Balaban J connectivity index is 0.887. The minimum atomic E-state index is -0.873. The molecule has 3 atom stereocenters. The molecule has 9 rings (SSSR count). The van der Waals surface area contributed by atoms with Crippen LogP contribution < -0.4 is 20.8 Å². The standard InChI is InChI=1S/C40H42FN9O3/c41-28-7-3-6-27(24-28)31-11-5-17-47(31)29-13-15-36-42-25-35(49(36)26-29)30-8-4-12-37(43-30)46-21-18-45(19-22-46)20-23-48-32-9-1-2-10-33(32)50(40(48)53)34-14-16-38(51)44-39(34)52/h1-4,6-10,12-13,15,24-26,31,34,38,51H,5,11,14,16-23H2,(H,44,52)/t31-,34?,38?/m1/s1. The molecule has 0 saturated carbocycles. The number of halogens is 1. The van der Waals surface area contributed by atoms with Gasteiger partial charge in [-0.3, -0.25) is 23.2 Å². The van der Waals surface area contributed by atoms with Crippen LogP contribution in [0, 0.1) is 5.82 Å². The predicted molar refractivity (Wildman–Crippen MR) is 201 cm³/mol. The Labute approximate surface area is 305 Å². The number of amides is 1. The second-order valence-electron chi connectivity index (χ2n) is 14.3. The van der Waals surface area contributed by atoms with Crippen LogP contribution in [0.1, 0.15) is 43.3 Å². The van der Waals surface area contributed by atoms with Crippen molar-refractivity contribution in [3.05, 3.63) is 113 Å². The van der Waals surface area contributed by atoms with Crippen LogP contribution in [0.3, 0.4) is 0 Å². The maximum Gasteiger partial charge on any atom is 0.329 e. The van der Waals surface area contributed by atoms with E-state index < -0.39 is 12.3 Å². The zero-order valence-corrected chi connectivity index (χ0v) is 29.4. The maximum atomic E-state index is 14.1. The molecule has 0 spiro atoms. The number of para-hydroxylation sites is 2. The van der Waals surface area contributed by atoms with E-state index in [1.165, 1.54) is 6.07 Å². The predicted octanol–water partition coefficient (Wildman–Crippen LogP) is 4.59. The highest BCUT2D eigenvalue weighted by Crippen LogP contribution is 2.37. The number of carbonyl (C=O) groups is 1. The van der Waals surface area contributed by atoms with E-state index >= 15 is 0 Å². The molecule has 13 heteroatoms. The number of nitrogens with zero attached hydrogens (tertiary/aromatic N) is 8. The average Bonchev–Trinajstić information content (AvgIpc) is 3.91. The van der Waals surface area contributed by atoms with Crippen LogP contribution in [0.25, 0.3) is 28.1 Å². The van der Waals surface area contributed by atoms with E-state index in [1.54, 1.807) is 21.3 Å². The van der Waals surface area contributed by atoms with Crippen molar-refractivity contribution in [2.24, 2.45) is 0 Å². The molecule has 0 aliphatic carbocycles. The summed E-state index contributed by atoms with van der Waals surface area (Å²) in [6, 6.07) is 24.3. The summed E-state index contributed by atoms with van der Waals surface area (Å²) in [5, 5.41) is 12.5. The fourth-order valence-electron chi connectivity index (χ4n) is 8.42. The highest BCUT2D eigenvalue weighted by atomic mass is 19.1. The van der Waals surface area contributed by atoms with E-state index in [-0.39, 0.29) is 23.5 Å². The number of nitrogens with one attached hydrogen (secondary N) is 1. The third kappa shape index (κ3) is 6.23. The van der Waals surface area contributed by atoms with Gasteiger partial charge in [0.15, 0.2) is 0 Å². The largest absolute Gasteiger partial charge is 0.374 e. The number of pyridine rings is 2. The molecule has 12 nitrogen and oxygen atoms in total. The van der Waals surface area contributed by atoms with Crippen LogP contribution in [0.5, 0.6) is 0 Å². The first-order chi connectivity index (χ1) is 25.9. The van der Waals surface area contributed by atoms with Gasteiger partial charge in [0, 0.05) is 52.0 Å². The minimum Gasteiger partial charge on any atom is -0.374 e. The van der Waals surface area contributed by atoms with Gasteiger partial charge in [0.25, 0.3) is 0 Å².